The Morgan fingerprint density at radius 3 is 2.92 bits per heavy atom. The number of aromatic nitrogens is 1. The van der Waals surface area contributed by atoms with Gasteiger partial charge in [0.05, 0.1) is 5.02 Å². The fraction of sp³-hybridized carbons (Fsp3) is 0.375. The lowest BCUT2D eigenvalue weighted by molar-refractivity contribution is 0.624. The Morgan fingerprint density at radius 2 is 2.38 bits per heavy atom. The first-order valence-electron chi connectivity index (χ1n) is 4.00. The number of nitrogens with two attached hydrogens (primary N) is 1. The van der Waals surface area contributed by atoms with Gasteiger partial charge in [0, 0.05) is 18.3 Å². The van der Waals surface area contributed by atoms with Gasteiger partial charge in [-0.15, -0.1) is 0 Å². The van der Waals surface area contributed by atoms with Crippen LogP contribution in [0.25, 0.3) is 0 Å². The van der Waals surface area contributed by atoms with E-state index in [0.29, 0.717) is 5.02 Å². The number of rotatable bonds is 2. The van der Waals surface area contributed by atoms with Gasteiger partial charge in [-0.3, -0.25) is 0 Å². The number of hydrogen-bond donors (Lipinski definition) is 2. The number of hydrogen-bond acceptors (Lipinski definition) is 3. The van der Waals surface area contributed by atoms with E-state index in [1.807, 2.05) is 0 Å². The van der Waals surface area contributed by atoms with E-state index < -0.39 is 5.82 Å². The summed E-state index contributed by atoms with van der Waals surface area (Å²) < 4.78 is 13.1. The summed E-state index contributed by atoms with van der Waals surface area (Å²) in [5.74, 6) is -0.214. The maximum absolute atomic E-state index is 13.1. The first-order chi connectivity index (χ1) is 6.16. The van der Waals surface area contributed by atoms with Crippen LogP contribution < -0.4 is 11.1 Å². The molecule has 1 aromatic rings. The molecule has 1 saturated carbocycles. The molecule has 2 atom stereocenters. The van der Waals surface area contributed by atoms with Gasteiger partial charge < -0.3 is 11.1 Å². The average molecular weight is 202 g/mol. The summed E-state index contributed by atoms with van der Waals surface area (Å²) in [6.07, 6.45) is 2.27. The highest BCUT2D eigenvalue weighted by atomic mass is 35.5. The number of anilines is 1. The van der Waals surface area contributed by atoms with Crippen molar-refractivity contribution in [3.05, 3.63) is 23.1 Å². The Balaban J connectivity index is 2.11. The summed E-state index contributed by atoms with van der Waals surface area (Å²) in [7, 11) is 0. The molecule has 2 rings (SSSR count). The van der Waals surface area contributed by atoms with Crippen LogP contribution in [0, 0.1) is 5.82 Å². The Morgan fingerprint density at radius 1 is 1.69 bits per heavy atom. The van der Waals surface area contributed by atoms with Crippen molar-refractivity contribution in [3.8, 4) is 0 Å². The predicted octanol–water partition coefficient (Wildman–Crippen LogP) is 1.39. The van der Waals surface area contributed by atoms with Crippen molar-refractivity contribution in [1.29, 1.82) is 0 Å². The zero-order valence-corrected chi connectivity index (χ0v) is 7.55. The lowest BCUT2D eigenvalue weighted by Gasteiger charge is -2.04. The van der Waals surface area contributed by atoms with E-state index in [4.69, 9.17) is 17.3 Å². The van der Waals surface area contributed by atoms with Crippen molar-refractivity contribution >= 4 is 17.4 Å². The minimum atomic E-state index is -0.438. The quantitative estimate of drug-likeness (QED) is 0.760. The Labute approximate surface area is 80.1 Å². The minimum absolute atomic E-state index is 0.122. The first kappa shape index (κ1) is 8.72. The number of nitrogens with zero attached hydrogens (tertiary/aromatic N) is 1. The highest BCUT2D eigenvalue weighted by Gasteiger charge is 2.34. The molecule has 0 bridgehead atoms. The van der Waals surface area contributed by atoms with Crippen LogP contribution in [0.3, 0.4) is 0 Å². The van der Waals surface area contributed by atoms with Crippen molar-refractivity contribution in [2.75, 3.05) is 5.32 Å². The SMILES string of the molecule is NC1CC1Nc1ncc(Cl)cc1F. The second-order valence-corrected chi connectivity index (χ2v) is 3.57. The molecule has 70 valence electrons. The maximum atomic E-state index is 13.1. The molecule has 2 unspecified atom stereocenters. The third kappa shape index (κ3) is 1.89. The molecule has 3 nitrogen and oxygen atoms in total. The second-order valence-electron chi connectivity index (χ2n) is 3.13. The Kier molecular flexibility index (Phi) is 2.09. The Hall–Kier alpha value is -0.870. The van der Waals surface area contributed by atoms with E-state index in [-0.39, 0.29) is 17.9 Å². The van der Waals surface area contributed by atoms with E-state index in [9.17, 15) is 4.39 Å². The van der Waals surface area contributed by atoms with Gasteiger partial charge in [-0.1, -0.05) is 11.6 Å². The van der Waals surface area contributed by atoms with E-state index in [1.54, 1.807) is 0 Å². The molecule has 0 amide bonds. The van der Waals surface area contributed by atoms with Gasteiger partial charge in [0.1, 0.15) is 0 Å². The van der Waals surface area contributed by atoms with Gasteiger partial charge >= 0.3 is 0 Å². The lowest BCUT2D eigenvalue weighted by Crippen LogP contribution is -2.14. The normalized spacial score (nSPS) is 25.8. The molecule has 1 fully saturated rings. The van der Waals surface area contributed by atoms with Crippen LogP contribution in [-0.4, -0.2) is 17.1 Å². The smallest absolute Gasteiger partial charge is 0.166 e. The summed E-state index contributed by atoms with van der Waals surface area (Å²) in [5.41, 5.74) is 5.56. The van der Waals surface area contributed by atoms with Gasteiger partial charge in [-0.25, -0.2) is 9.37 Å². The van der Waals surface area contributed by atoms with E-state index >= 15 is 0 Å². The summed E-state index contributed by atoms with van der Waals surface area (Å²) >= 11 is 5.54. The predicted molar refractivity (Wildman–Crippen MR) is 49.2 cm³/mol. The summed E-state index contributed by atoms with van der Waals surface area (Å²) in [6, 6.07) is 1.50. The molecule has 1 aliphatic carbocycles. The third-order valence-electron chi connectivity index (χ3n) is 1.97. The molecule has 0 radical (unpaired) electrons. The molecule has 1 aliphatic rings. The fourth-order valence-corrected chi connectivity index (χ4v) is 1.22. The molecule has 1 aromatic heterocycles. The van der Waals surface area contributed by atoms with Gasteiger partial charge in [-0.05, 0) is 12.5 Å². The summed E-state index contributed by atoms with van der Waals surface area (Å²) in [6.45, 7) is 0. The van der Waals surface area contributed by atoms with Crippen molar-refractivity contribution in [2.45, 2.75) is 18.5 Å². The fourth-order valence-electron chi connectivity index (χ4n) is 1.08. The van der Waals surface area contributed by atoms with Crippen molar-refractivity contribution in [2.24, 2.45) is 5.73 Å². The van der Waals surface area contributed by atoms with Crippen LogP contribution in [0.2, 0.25) is 5.02 Å². The summed E-state index contributed by atoms with van der Waals surface area (Å²) in [5, 5.41) is 3.19. The number of pyridine rings is 1. The minimum Gasteiger partial charge on any atom is -0.363 e. The molecule has 0 aliphatic heterocycles. The zero-order chi connectivity index (χ0) is 9.42. The van der Waals surface area contributed by atoms with E-state index in [0.717, 1.165) is 6.42 Å². The van der Waals surface area contributed by atoms with E-state index in [1.165, 1.54) is 12.3 Å². The number of nitrogens with one attached hydrogen (secondary N) is 1. The Bertz CT molecular complexity index is 331. The monoisotopic (exact) mass is 201 g/mol. The molecule has 13 heavy (non-hydrogen) atoms. The first-order valence-corrected chi connectivity index (χ1v) is 4.38. The van der Waals surface area contributed by atoms with Crippen molar-refractivity contribution in [3.63, 3.8) is 0 Å². The van der Waals surface area contributed by atoms with Crippen LogP contribution in [0.5, 0.6) is 0 Å². The standard InChI is InChI=1S/C8H9ClFN3/c9-4-1-5(10)8(12-3-4)13-7-2-6(7)11/h1,3,6-7H,2,11H2,(H,12,13). The third-order valence-corrected chi connectivity index (χ3v) is 2.18. The number of halogens is 2. The van der Waals surface area contributed by atoms with Crippen molar-refractivity contribution < 1.29 is 4.39 Å². The van der Waals surface area contributed by atoms with Crippen LogP contribution in [0.15, 0.2) is 12.3 Å². The van der Waals surface area contributed by atoms with Crippen LogP contribution in [-0.2, 0) is 0 Å². The molecule has 0 saturated heterocycles. The van der Waals surface area contributed by atoms with E-state index in [2.05, 4.69) is 10.3 Å². The second kappa shape index (κ2) is 3.12. The highest BCUT2D eigenvalue weighted by Crippen LogP contribution is 2.24. The summed E-state index contributed by atoms with van der Waals surface area (Å²) in [4.78, 5) is 3.82. The molecule has 5 heteroatoms. The van der Waals surface area contributed by atoms with Crippen molar-refractivity contribution in [1.82, 2.24) is 4.98 Å². The van der Waals surface area contributed by atoms with Gasteiger partial charge in [-0.2, -0.15) is 0 Å². The van der Waals surface area contributed by atoms with Crippen LogP contribution in [0.4, 0.5) is 10.2 Å². The largest absolute Gasteiger partial charge is 0.363 e. The molecule has 3 N–H and O–H groups in total. The molecular formula is C8H9ClFN3. The maximum Gasteiger partial charge on any atom is 0.166 e. The van der Waals surface area contributed by atoms with Gasteiger partial charge in [0.15, 0.2) is 11.6 Å². The highest BCUT2D eigenvalue weighted by molar-refractivity contribution is 6.30. The van der Waals surface area contributed by atoms with Gasteiger partial charge in [0.25, 0.3) is 0 Å². The lowest BCUT2D eigenvalue weighted by atomic mass is 10.4. The topological polar surface area (TPSA) is 50.9 Å². The molecular weight excluding hydrogens is 193 g/mol. The molecule has 1 heterocycles. The molecule has 0 spiro atoms. The van der Waals surface area contributed by atoms with Crippen LogP contribution >= 0.6 is 11.6 Å². The molecule has 0 aromatic carbocycles. The van der Waals surface area contributed by atoms with Crippen LogP contribution in [0.1, 0.15) is 6.42 Å². The van der Waals surface area contributed by atoms with Gasteiger partial charge in [0.2, 0.25) is 0 Å². The zero-order valence-electron chi connectivity index (χ0n) is 6.80. The average Bonchev–Trinajstić information content (AvgIpc) is 2.73.